The second-order valence-corrected chi connectivity index (χ2v) is 15.3. The topological polar surface area (TPSA) is 130 Å². The molecule has 0 bridgehead atoms. The third kappa shape index (κ3) is 6.68. The summed E-state index contributed by atoms with van der Waals surface area (Å²) < 4.78 is 35.4. The average molecular weight is 646 g/mol. The molecule has 6 rings (SSSR count). The molecule has 1 saturated heterocycles. The second-order valence-electron chi connectivity index (χ2n) is 13.6. The van der Waals surface area contributed by atoms with Gasteiger partial charge < -0.3 is 15.4 Å². The van der Waals surface area contributed by atoms with Gasteiger partial charge in [0.2, 0.25) is 10.0 Å². The molecule has 1 aliphatic carbocycles. The summed E-state index contributed by atoms with van der Waals surface area (Å²) in [6.07, 6.45) is 6.51. The first-order chi connectivity index (χ1) is 21.8. The zero-order valence-corrected chi connectivity index (χ0v) is 28.1. The number of fused-ring (bicyclic) bond motifs is 2. The van der Waals surface area contributed by atoms with Crippen LogP contribution < -0.4 is 20.1 Å². The molecule has 1 fully saturated rings. The number of sulfonamides is 1. The number of rotatable bonds is 7. The second kappa shape index (κ2) is 12.2. The molecular weight excluding hydrogens is 602 g/mol. The summed E-state index contributed by atoms with van der Waals surface area (Å²) in [6.45, 7) is 8.97. The summed E-state index contributed by atoms with van der Waals surface area (Å²) in [7, 11) is -1.38. The minimum absolute atomic E-state index is 0.181. The lowest BCUT2D eigenvalue weighted by Gasteiger charge is -2.32. The molecule has 3 atom stereocenters. The number of carbonyl (C=O) groups is 1. The highest BCUT2D eigenvalue weighted by Crippen LogP contribution is 2.40. The monoisotopic (exact) mass is 645 g/mol. The number of carbonyl (C=O) groups excluding carboxylic acids is 1. The van der Waals surface area contributed by atoms with Crippen molar-refractivity contribution in [3.63, 3.8) is 0 Å². The summed E-state index contributed by atoms with van der Waals surface area (Å²) in [5, 5.41) is 15.0. The maximum atomic E-state index is 13.4. The van der Waals surface area contributed by atoms with Crippen molar-refractivity contribution < 1.29 is 17.9 Å². The number of nitrogens with one attached hydrogen (secondary N) is 3. The van der Waals surface area contributed by atoms with Crippen molar-refractivity contribution in [1.82, 2.24) is 24.8 Å². The first kappa shape index (κ1) is 31.8. The Bertz CT molecular complexity index is 1880. The number of hydrogen-bond donors (Lipinski definition) is 3. The number of urea groups is 1. The molecule has 0 radical (unpaired) electrons. The van der Waals surface area contributed by atoms with Crippen LogP contribution in [0.1, 0.15) is 92.7 Å². The van der Waals surface area contributed by atoms with Crippen LogP contribution in [-0.4, -0.2) is 53.8 Å². The fourth-order valence-corrected chi connectivity index (χ4v) is 7.12. The predicted molar refractivity (Wildman–Crippen MR) is 180 cm³/mol. The molecule has 0 unspecified atom stereocenters. The van der Waals surface area contributed by atoms with Gasteiger partial charge in [-0.2, -0.15) is 0 Å². The summed E-state index contributed by atoms with van der Waals surface area (Å²) in [5.41, 5.74) is 5.10. The van der Waals surface area contributed by atoms with E-state index in [4.69, 9.17) is 4.74 Å². The van der Waals surface area contributed by atoms with Crippen molar-refractivity contribution in [3.05, 3.63) is 82.8 Å². The molecule has 11 nitrogen and oxygen atoms in total. The van der Waals surface area contributed by atoms with Gasteiger partial charge in [-0.3, -0.25) is 14.0 Å². The van der Waals surface area contributed by atoms with Crippen molar-refractivity contribution in [2.45, 2.75) is 77.0 Å². The van der Waals surface area contributed by atoms with Crippen molar-refractivity contribution in [3.8, 4) is 5.75 Å². The van der Waals surface area contributed by atoms with Crippen molar-refractivity contribution in [2.24, 2.45) is 0 Å². The molecule has 3 N–H and O–H groups in total. The lowest BCUT2D eigenvalue weighted by molar-refractivity contribution is 0.171. The molecule has 2 aromatic heterocycles. The molecule has 4 aromatic rings. The van der Waals surface area contributed by atoms with Gasteiger partial charge in [-0.15, -0.1) is 10.2 Å². The zero-order valence-electron chi connectivity index (χ0n) is 27.3. The Morgan fingerprint density at radius 1 is 1.00 bits per heavy atom. The summed E-state index contributed by atoms with van der Waals surface area (Å²) in [4.78, 5) is 15.7. The molecule has 2 aliphatic rings. The number of benzene rings is 2. The maximum Gasteiger partial charge on any atom is 0.319 e. The van der Waals surface area contributed by atoms with E-state index in [2.05, 4.69) is 43.6 Å². The lowest BCUT2D eigenvalue weighted by Crippen LogP contribution is -2.36. The first-order valence-corrected chi connectivity index (χ1v) is 17.7. The smallest absolute Gasteiger partial charge is 0.319 e. The zero-order chi connectivity index (χ0) is 32.8. The van der Waals surface area contributed by atoms with E-state index < -0.39 is 10.0 Å². The fraction of sp³-hybridized carbons (Fsp3) is 0.441. The normalized spacial score (nSPS) is 20.3. The van der Waals surface area contributed by atoms with Crippen LogP contribution >= 0.6 is 0 Å². The summed E-state index contributed by atoms with van der Waals surface area (Å²) in [5.74, 6) is 1.67. The van der Waals surface area contributed by atoms with Crippen molar-refractivity contribution >= 4 is 33.1 Å². The average Bonchev–Trinajstić information content (AvgIpc) is 3.60. The number of hydrogen-bond acceptors (Lipinski definition) is 7. The van der Waals surface area contributed by atoms with Crippen LogP contribution in [0.15, 0.2) is 54.7 Å². The van der Waals surface area contributed by atoms with Gasteiger partial charge in [0.25, 0.3) is 0 Å². The highest BCUT2D eigenvalue weighted by molar-refractivity contribution is 7.92. The number of ether oxygens (including phenoxy) is 1. The molecule has 0 spiro atoms. The third-order valence-electron chi connectivity index (χ3n) is 9.06. The molecule has 2 amide bonds. The number of amides is 2. The van der Waals surface area contributed by atoms with E-state index in [1.54, 1.807) is 6.92 Å². The van der Waals surface area contributed by atoms with Gasteiger partial charge in [0.05, 0.1) is 30.2 Å². The van der Waals surface area contributed by atoms with E-state index in [9.17, 15) is 13.2 Å². The Labute approximate surface area is 270 Å². The van der Waals surface area contributed by atoms with Crippen molar-refractivity contribution in [2.75, 3.05) is 29.9 Å². The Morgan fingerprint density at radius 3 is 2.43 bits per heavy atom. The Hall–Kier alpha value is -4.16. The summed E-state index contributed by atoms with van der Waals surface area (Å²) in [6, 6.07) is 15.3. The van der Waals surface area contributed by atoms with Gasteiger partial charge >= 0.3 is 6.03 Å². The Kier molecular flexibility index (Phi) is 8.45. The molecule has 46 heavy (non-hydrogen) atoms. The summed E-state index contributed by atoms with van der Waals surface area (Å²) >= 11 is 0. The third-order valence-corrected chi connectivity index (χ3v) is 9.65. The van der Waals surface area contributed by atoms with E-state index >= 15 is 0 Å². The molecular formula is C34H43N7O4S. The molecule has 3 heterocycles. The van der Waals surface area contributed by atoms with E-state index in [1.165, 1.54) is 0 Å². The van der Waals surface area contributed by atoms with Crippen LogP contribution in [0.3, 0.4) is 0 Å². The number of nitrogens with zero attached hydrogens (tertiary/aromatic N) is 4. The van der Waals surface area contributed by atoms with Crippen LogP contribution in [0, 0.1) is 6.92 Å². The van der Waals surface area contributed by atoms with Crippen LogP contribution in [0.4, 0.5) is 16.2 Å². The van der Waals surface area contributed by atoms with E-state index in [0.717, 1.165) is 59.6 Å². The van der Waals surface area contributed by atoms with Gasteiger partial charge in [-0.1, -0.05) is 45.0 Å². The van der Waals surface area contributed by atoms with E-state index in [-0.39, 0.29) is 29.6 Å². The standard InChI is InChI=1S/C34H43N7O4S/c1-21-27(18-22(34(2,3)4)19-28(21)39-46(6,43)44)36-33(42)35-26-14-15-30(25-11-8-7-10-24(25)26)45-23-13-16-31-37-38-32(41(31)20-23)29-12-9-17-40(29)5/h7-8,10-11,13,16,18-20,26,29-30,39H,9,12,14-15,17H2,1-6H3,(H2,35,36,42)/t26-,29-,30+/m0/s1. The minimum atomic E-state index is -3.51. The number of anilines is 2. The van der Waals surface area contributed by atoms with Crippen molar-refractivity contribution in [1.29, 1.82) is 0 Å². The SMILES string of the molecule is Cc1c(NC(=O)N[C@H]2CC[C@@H](Oc3ccc4nnc([C@@H]5CCCN5C)n4c3)c3ccccc32)cc(C(C)(C)C)cc1NS(C)(=O)=O. The lowest BCUT2D eigenvalue weighted by atomic mass is 9.85. The minimum Gasteiger partial charge on any atom is -0.484 e. The predicted octanol–water partition coefficient (Wildman–Crippen LogP) is 6.25. The van der Waals surface area contributed by atoms with E-state index in [1.807, 2.05) is 73.8 Å². The Morgan fingerprint density at radius 2 is 1.74 bits per heavy atom. The highest BCUT2D eigenvalue weighted by atomic mass is 32.2. The number of likely N-dealkylation sites (tertiary alicyclic amines) is 1. The van der Waals surface area contributed by atoms with Crippen LogP contribution in [0.2, 0.25) is 0 Å². The van der Waals surface area contributed by atoms with Gasteiger partial charge in [0, 0.05) is 5.69 Å². The van der Waals surface area contributed by atoms with Gasteiger partial charge in [-0.25, -0.2) is 13.2 Å². The van der Waals surface area contributed by atoms with E-state index in [0.29, 0.717) is 29.8 Å². The highest BCUT2D eigenvalue weighted by Gasteiger charge is 2.31. The molecule has 2 aromatic carbocycles. The number of aromatic nitrogens is 3. The first-order valence-electron chi connectivity index (χ1n) is 15.8. The van der Waals surface area contributed by atoms with Gasteiger partial charge in [-0.05, 0) is 98.1 Å². The quantitative estimate of drug-likeness (QED) is 0.217. The molecule has 1 aliphatic heterocycles. The molecule has 0 saturated carbocycles. The van der Waals surface area contributed by atoms with Gasteiger partial charge in [0.15, 0.2) is 11.5 Å². The Balaban J connectivity index is 1.20. The number of pyridine rings is 1. The fourth-order valence-electron chi connectivity index (χ4n) is 6.51. The van der Waals surface area contributed by atoms with Gasteiger partial charge in [0.1, 0.15) is 11.9 Å². The largest absolute Gasteiger partial charge is 0.484 e. The van der Waals surface area contributed by atoms with Crippen LogP contribution in [0.25, 0.3) is 5.65 Å². The molecule has 12 heteroatoms. The maximum absolute atomic E-state index is 13.4. The van der Waals surface area contributed by atoms with Crippen LogP contribution in [-0.2, 0) is 15.4 Å². The molecule has 244 valence electrons. The van der Waals surface area contributed by atoms with Crippen LogP contribution in [0.5, 0.6) is 5.75 Å².